The highest BCUT2D eigenvalue weighted by Gasteiger charge is 2.14. The molecule has 1 amide bonds. The van der Waals surface area contributed by atoms with E-state index in [0.717, 1.165) is 10.0 Å². The van der Waals surface area contributed by atoms with Gasteiger partial charge in [-0.3, -0.25) is 4.79 Å². The molecule has 1 N–H and O–H groups in total. The van der Waals surface area contributed by atoms with Crippen LogP contribution in [0.25, 0.3) is 0 Å². The number of amides is 1. The molecule has 0 aliphatic heterocycles. The van der Waals surface area contributed by atoms with E-state index in [0.29, 0.717) is 12.2 Å². The molecule has 0 aliphatic carbocycles. The number of H-pyrrole nitrogens is 1. The molecule has 0 aliphatic rings. The predicted octanol–water partition coefficient (Wildman–Crippen LogP) is 2.59. The van der Waals surface area contributed by atoms with Gasteiger partial charge >= 0.3 is 5.97 Å². The summed E-state index contributed by atoms with van der Waals surface area (Å²) in [6, 6.07) is 11.2. The van der Waals surface area contributed by atoms with Crippen molar-refractivity contribution in [3.05, 3.63) is 58.3 Å². The highest BCUT2D eigenvalue weighted by atomic mass is 79.9. The molecule has 1 aromatic carbocycles. The lowest BCUT2D eigenvalue weighted by molar-refractivity contribution is -0.133. The fourth-order valence-corrected chi connectivity index (χ4v) is 2.09. The third kappa shape index (κ3) is 4.46. The highest BCUT2D eigenvalue weighted by molar-refractivity contribution is 9.10. The summed E-state index contributed by atoms with van der Waals surface area (Å²) in [7, 11) is 1.67. The van der Waals surface area contributed by atoms with Gasteiger partial charge in [-0.2, -0.15) is 0 Å². The Morgan fingerprint density at radius 1 is 1.29 bits per heavy atom. The van der Waals surface area contributed by atoms with Gasteiger partial charge in [-0.25, -0.2) is 4.79 Å². The molecule has 21 heavy (non-hydrogen) atoms. The van der Waals surface area contributed by atoms with Crippen molar-refractivity contribution in [3.63, 3.8) is 0 Å². The first-order valence-electron chi connectivity index (χ1n) is 6.35. The Morgan fingerprint density at radius 3 is 2.62 bits per heavy atom. The molecule has 0 bridgehead atoms. The number of rotatable bonds is 5. The molecule has 0 fully saturated rings. The average molecular weight is 351 g/mol. The van der Waals surface area contributed by atoms with Gasteiger partial charge in [-0.05, 0) is 27.6 Å². The number of aromatic amines is 1. The molecule has 2 aromatic rings. The minimum absolute atomic E-state index is 0.252. The molecule has 0 radical (unpaired) electrons. The van der Waals surface area contributed by atoms with Crippen molar-refractivity contribution in [2.45, 2.75) is 6.54 Å². The Kier molecular flexibility index (Phi) is 5.16. The van der Waals surface area contributed by atoms with E-state index in [1.165, 1.54) is 4.90 Å². The third-order valence-electron chi connectivity index (χ3n) is 2.88. The Labute approximate surface area is 131 Å². The zero-order chi connectivity index (χ0) is 15.2. The fraction of sp³-hybridized carbons (Fsp3) is 0.200. The van der Waals surface area contributed by atoms with Crippen LogP contribution in [-0.4, -0.2) is 35.4 Å². The van der Waals surface area contributed by atoms with Crippen LogP contribution in [0.1, 0.15) is 16.1 Å². The van der Waals surface area contributed by atoms with Gasteiger partial charge in [0.05, 0.1) is 0 Å². The topological polar surface area (TPSA) is 62.4 Å². The van der Waals surface area contributed by atoms with E-state index in [9.17, 15) is 9.59 Å². The van der Waals surface area contributed by atoms with Crippen molar-refractivity contribution in [1.82, 2.24) is 9.88 Å². The lowest BCUT2D eigenvalue weighted by atomic mass is 10.2. The maximum atomic E-state index is 11.9. The second kappa shape index (κ2) is 7.08. The van der Waals surface area contributed by atoms with Gasteiger partial charge in [0.2, 0.25) is 0 Å². The number of hydrogen-bond donors (Lipinski definition) is 1. The molecule has 5 nitrogen and oxygen atoms in total. The molecule has 1 heterocycles. The lowest BCUT2D eigenvalue weighted by Crippen LogP contribution is -2.30. The molecule has 6 heteroatoms. The maximum Gasteiger partial charge on any atom is 0.355 e. The SMILES string of the molecule is CN(Cc1ccccc1)C(=O)COC(=O)c1cc(Br)c[nH]1. The summed E-state index contributed by atoms with van der Waals surface area (Å²) >= 11 is 3.23. The van der Waals surface area contributed by atoms with Gasteiger partial charge in [-0.15, -0.1) is 0 Å². The fourth-order valence-electron chi connectivity index (χ4n) is 1.75. The van der Waals surface area contributed by atoms with Gasteiger partial charge in [0.1, 0.15) is 5.69 Å². The second-order valence-electron chi connectivity index (χ2n) is 4.54. The van der Waals surface area contributed by atoms with E-state index >= 15 is 0 Å². The molecule has 1 aromatic heterocycles. The van der Waals surface area contributed by atoms with Crippen LogP contribution in [0.4, 0.5) is 0 Å². The van der Waals surface area contributed by atoms with Crippen molar-refractivity contribution >= 4 is 27.8 Å². The molecule has 0 unspecified atom stereocenters. The molecular weight excluding hydrogens is 336 g/mol. The van der Waals surface area contributed by atoms with Crippen LogP contribution in [0.5, 0.6) is 0 Å². The number of nitrogens with one attached hydrogen (secondary N) is 1. The number of esters is 1. The molecular formula is C15H15BrN2O3. The number of halogens is 1. The van der Waals surface area contributed by atoms with Gasteiger partial charge in [0.15, 0.2) is 6.61 Å². The lowest BCUT2D eigenvalue weighted by Gasteiger charge is -2.17. The summed E-state index contributed by atoms with van der Waals surface area (Å²) in [5.41, 5.74) is 1.33. The quantitative estimate of drug-likeness (QED) is 0.843. The van der Waals surface area contributed by atoms with Crippen LogP contribution >= 0.6 is 15.9 Å². The predicted molar refractivity (Wildman–Crippen MR) is 81.7 cm³/mol. The first kappa shape index (κ1) is 15.3. The smallest absolute Gasteiger partial charge is 0.355 e. The Bertz CT molecular complexity index is 625. The van der Waals surface area contributed by atoms with Crippen molar-refractivity contribution in [1.29, 1.82) is 0 Å². The van der Waals surface area contributed by atoms with E-state index in [-0.39, 0.29) is 12.5 Å². The number of likely N-dealkylation sites (N-methyl/N-ethyl adjacent to an activating group) is 1. The molecule has 0 atom stereocenters. The zero-order valence-electron chi connectivity index (χ0n) is 11.5. The van der Waals surface area contributed by atoms with E-state index in [2.05, 4.69) is 20.9 Å². The monoisotopic (exact) mass is 350 g/mol. The second-order valence-corrected chi connectivity index (χ2v) is 5.46. The number of aromatic nitrogens is 1. The minimum atomic E-state index is -0.554. The Morgan fingerprint density at radius 2 is 2.00 bits per heavy atom. The van der Waals surface area contributed by atoms with Gasteiger partial charge in [0, 0.05) is 24.3 Å². The standard InChI is InChI=1S/C15H15BrN2O3/c1-18(9-11-5-3-2-4-6-11)14(19)10-21-15(20)13-7-12(16)8-17-13/h2-8,17H,9-10H2,1H3. The summed E-state index contributed by atoms with van der Waals surface area (Å²) in [5, 5.41) is 0. The van der Waals surface area contributed by atoms with Crippen LogP contribution in [-0.2, 0) is 16.1 Å². The Balaban J connectivity index is 1.82. The highest BCUT2D eigenvalue weighted by Crippen LogP contribution is 2.11. The van der Waals surface area contributed by atoms with Crippen LogP contribution in [0.2, 0.25) is 0 Å². The largest absolute Gasteiger partial charge is 0.451 e. The first-order valence-corrected chi connectivity index (χ1v) is 7.14. The van der Waals surface area contributed by atoms with Gasteiger partial charge in [0.25, 0.3) is 5.91 Å². The summed E-state index contributed by atoms with van der Waals surface area (Å²) in [6.07, 6.45) is 1.62. The van der Waals surface area contributed by atoms with E-state index in [1.54, 1.807) is 19.3 Å². The number of carbonyl (C=O) groups excluding carboxylic acids is 2. The normalized spacial score (nSPS) is 10.2. The van der Waals surface area contributed by atoms with Crippen LogP contribution < -0.4 is 0 Å². The number of carbonyl (C=O) groups is 2. The maximum absolute atomic E-state index is 11.9. The van der Waals surface area contributed by atoms with Gasteiger partial charge in [-0.1, -0.05) is 30.3 Å². The van der Waals surface area contributed by atoms with E-state index in [4.69, 9.17) is 4.74 Å². The zero-order valence-corrected chi connectivity index (χ0v) is 13.1. The van der Waals surface area contributed by atoms with Gasteiger partial charge < -0.3 is 14.6 Å². The summed E-state index contributed by atoms with van der Waals surface area (Å²) in [6.45, 7) is 0.198. The van der Waals surface area contributed by atoms with Crippen molar-refractivity contribution in [2.75, 3.05) is 13.7 Å². The average Bonchev–Trinajstić information content (AvgIpc) is 2.92. The van der Waals surface area contributed by atoms with Crippen LogP contribution in [0.3, 0.4) is 0 Å². The van der Waals surface area contributed by atoms with Crippen LogP contribution in [0, 0.1) is 0 Å². The van der Waals surface area contributed by atoms with E-state index in [1.807, 2.05) is 30.3 Å². The number of ether oxygens (including phenoxy) is 1. The molecule has 0 saturated heterocycles. The van der Waals surface area contributed by atoms with E-state index < -0.39 is 5.97 Å². The summed E-state index contributed by atoms with van der Waals surface area (Å²) in [4.78, 5) is 27.9. The third-order valence-corrected chi connectivity index (χ3v) is 3.34. The number of benzene rings is 1. The summed E-state index contributed by atoms with van der Waals surface area (Å²) in [5.74, 6) is -0.806. The number of nitrogens with zero attached hydrogens (tertiary/aromatic N) is 1. The van der Waals surface area contributed by atoms with Crippen molar-refractivity contribution in [3.8, 4) is 0 Å². The van der Waals surface area contributed by atoms with Crippen molar-refractivity contribution in [2.24, 2.45) is 0 Å². The Hall–Kier alpha value is -2.08. The molecule has 0 saturated carbocycles. The molecule has 110 valence electrons. The molecule has 0 spiro atoms. The number of hydrogen-bond acceptors (Lipinski definition) is 3. The minimum Gasteiger partial charge on any atom is -0.451 e. The van der Waals surface area contributed by atoms with Crippen molar-refractivity contribution < 1.29 is 14.3 Å². The van der Waals surface area contributed by atoms with Crippen LogP contribution in [0.15, 0.2) is 47.1 Å². The first-order chi connectivity index (χ1) is 10.1. The summed E-state index contributed by atoms with van der Waals surface area (Å²) < 4.78 is 5.73. The molecule has 2 rings (SSSR count).